The highest BCUT2D eigenvalue weighted by atomic mass is 32.2. The molecule has 20 heavy (non-hydrogen) atoms. The molecule has 0 aliphatic carbocycles. The predicted molar refractivity (Wildman–Crippen MR) is 83.6 cm³/mol. The van der Waals surface area contributed by atoms with Gasteiger partial charge in [0.15, 0.2) is 8.68 Å². The van der Waals surface area contributed by atoms with Crippen molar-refractivity contribution in [2.24, 2.45) is 0 Å². The Kier molecular flexibility index (Phi) is 6.74. The van der Waals surface area contributed by atoms with Gasteiger partial charge in [-0.3, -0.25) is 0 Å². The lowest BCUT2D eigenvalue weighted by atomic mass is 10.3. The van der Waals surface area contributed by atoms with Crippen LogP contribution in [0.4, 0.5) is 0 Å². The van der Waals surface area contributed by atoms with E-state index in [-0.39, 0.29) is 0 Å². The molecule has 0 spiro atoms. The lowest BCUT2D eigenvalue weighted by Gasteiger charge is -2.04. The number of pyridine rings is 1. The standard InChI is InChI=1S/C12H16N4OS3/c1-17-6-5-13-7-9-3-4-10(14-8-9)19-12-16-15-11(18-2)20-12/h3-4,8,13H,5-7H2,1-2H3. The van der Waals surface area contributed by atoms with Crippen LogP contribution in [0.15, 0.2) is 32.0 Å². The first-order valence-corrected chi connectivity index (χ1v) is 8.87. The van der Waals surface area contributed by atoms with E-state index in [9.17, 15) is 0 Å². The minimum atomic E-state index is 0.718. The number of thioether (sulfide) groups is 1. The molecule has 5 nitrogen and oxygen atoms in total. The maximum atomic E-state index is 4.98. The molecule has 8 heteroatoms. The molecule has 0 aliphatic rings. The van der Waals surface area contributed by atoms with Gasteiger partial charge in [-0.15, -0.1) is 10.2 Å². The van der Waals surface area contributed by atoms with Crippen LogP contribution >= 0.6 is 34.9 Å². The molecule has 0 aromatic carbocycles. The van der Waals surface area contributed by atoms with Gasteiger partial charge in [-0.1, -0.05) is 29.2 Å². The van der Waals surface area contributed by atoms with Crippen molar-refractivity contribution < 1.29 is 4.74 Å². The maximum absolute atomic E-state index is 4.98. The number of hydrogen-bond acceptors (Lipinski definition) is 8. The summed E-state index contributed by atoms with van der Waals surface area (Å²) >= 11 is 4.74. The van der Waals surface area contributed by atoms with Gasteiger partial charge in [0.05, 0.1) is 6.61 Å². The van der Waals surface area contributed by atoms with Gasteiger partial charge in [0.25, 0.3) is 0 Å². The van der Waals surface area contributed by atoms with Crippen molar-refractivity contribution in [3.8, 4) is 0 Å². The molecule has 0 unspecified atom stereocenters. The Morgan fingerprint density at radius 1 is 1.30 bits per heavy atom. The number of nitrogens with one attached hydrogen (secondary N) is 1. The van der Waals surface area contributed by atoms with Crippen molar-refractivity contribution >= 4 is 34.9 Å². The second-order valence-corrected chi connectivity index (χ2v) is 7.11. The molecule has 1 N–H and O–H groups in total. The third-order valence-corrected chi connectivity index (χ3v) is 5.26. The summed E-state index contributed by atoms with van der Waals surface area (Å²) in [6.07, 6.45) is 3.89. The molecule has 2 heterocycles. The zero-order valence-corrected chi connectivity index (χ0v) is 13.8. The summed E-state index contributed by atoms with van der Waals surface area (Å²) in [7, 11) is 1.70. The van der Waals surface area contributed by atoms with Crippen molar-refractivity contribution in [3.63, 3.8) is 0 Å². The molecule has 0 amide bonds. The summed E-state index contributed by atoms with van der Waals surface area (Å²) in [6, 6.07) is 4.09. The van der Waals surface area contributed by atoms with Crippen molar-refractivity contribution in [2.75, 3.05) is 26.5 Å². The number of nitrogens with zero attached hydrogens (tertiary/aromatic N) is 3. The Morgan fingerprint density at radius 3 is 2.80 bits per heavy atom. The molecular weight excluding hydrogens is 312 g/mol. The van der Waals surface area contributed by atoms with E-state index >= 15 is 0 Å². The highest BCUT2D eigenvalue weighted by Crippen LogP contribution is 2.31. The number of rotatable bonds is 8. The van der Waals surface area contributed by atoms with E-state index in [1.165, 1.54) is 0 Å². The van der Waals surface area contributed by atoms with Crippen molar-refractivity contribution in [2.45, 2.75) is 20.3 Å². The van der Waals surface area contributed by atoms with Crippen molar-refractivity contribution in [1.29, 1.82) is 0 Å². The van der Waals surface area contributed by atoms with Crippen LogP contribution in [0.2, 0.25) is 0 Å². The lowest BCUT2D eigenvalue weighted by Crippen LogP contribution is -2.18. The Hall–Kier alpha value is -0.670. The fraction of sp³-hybridized carbons (Fsp3) is 0.417. The fourth-order valence-corrected chi connectivity index (χ4v) is 3.72. The summed E-state index contributed by atoms with van der Waals surface area (Å²) in [5, 5.41) is 12.4. The van der Waals surface area contributed by atoms with Gasteiger partial charge in [0, 0.05) is 26.4 Å². The van der Waals surface area contributed by atoms with E-state index in [1.54, 1.807) is 42.0 Å². The maximum Gasteiger partial charge on any atom is 0.181 e. The quantitative estimate of drug-likeness (QED) is 0.590. The summed E-state index contributed by atoms with van der Waals surface area (Å²) in [6.45, 7) is 2.36. The zero-order valence-electron chi connectivity index (χ0n) is 11.3. The Balaban J connectivity index is 1.84. The van der Waals surface area contributed by atoms with Crippen LogP contribution in [0.5, 0.6) is 0 Å². The Morgan fingerprint density at radius 2 is 2.15 bits per heavy atom. The molecule has 2 rings (SSSR count). The van der Waals surface area contributed by atoms with Crippen LogP contribution < -0.4 is 5.32 Å². The van der Waals surface area contributed by atoms with Gasteiger partial charge in [0.1, 0.15) is 5.03 Å². The molecule has 2 aromatic rings. The summed E-state index contributed by atoms with van der Waals surface area (Å²) < 4.78 is 6.88. The first kappa shape index (κ1) is 15.7. The third kappa shape index (κ3) is 5.02. The second kappa shape index (κ2) is 8.58. The molecule has 0 aliphatic heterocycles. The molecule has 0 fully saturated rings. The molecule has 0 saturated heterocycles. The zero-order chi connectivity index (χ0) is 14.2. The Labute approximate surface area is 130 Å². The topological polar surface area (TPSA) is 59.9 Å². The van der Waals surface area contributed by atoms with Gasteiger partial charge >= 0.3 is 0 Å². The monoisotopic (exact) mass is 328 g/mol. The summed E-state index contributed by atoms with van der Waals surface area (Å²) in [4.78, 5) is 4.43. The normalized spacial score (nSPS) is 10.9. The molecule has 0 atom stereocenters. The third-order valence-electron chi connectivity index (χ3n) is 2.36. The minimum absolute atomic E-state index is 0.718. The highest BCUT2D eigenvalue weighted by Gasteiger charge is 2.06. The van der Waals surface area contributed by atoms with E-state index in [1.807, 2.05) is 18.5 Å². The first-order chi connectivity index (χ1) is 9.81. The summed E-state index contributed by atoms with van der Waals surface area (Å²) in [5.74, 6) is 0. The average Bonchev–Trinajstić information content (AvgIpc) is 2.93. The van der Waals surface area contributed by atoms with Gasteiger partial charge < -0.3 is 10.1 Å². The number of methoxy groups -OCH3 is 1. The number of ether oxygens (including phenoxy) is 1. The SMILES string of the molecule is COCCNCc1ccc(Sc2nnc(SC)s2)nc1. The fourth-order valence-electron chi connectivity index (χ4n) is 1.39. The van der Waals surface area contributed by atoms with Gasteiger partial charge in [0.2, 0.25) is 0 Å². The van der Waals surface area contributed by atoms with Crippen LogP contribution in [0.3, 0.4) is 0 Å². The smallest absolute Gasteiger partial charge is 0.181 e. The molecule has 0 bridgehead atoms. The molecule has 2 aromatic heterocycles. The van der Waals surface area contributed by atoms with Gasteiger partial charge in [-0.2, -0.15) is 0 Å². The molecule has 0 radical (unpaired) electrons. The van der Waals surface area contributed by atoms with Crippen LogP contribution in [0.25, 0.3) is 0 Å². The van der Waals surface area contributed by atoms with E-state index in [2.05, 4.69) is 26.6 Å². The van der Waals surface area contributed by atoms with Crippen molar-refractivity contribution in [1.82, 2.24) is 20.5 Å². The van der Waals surface area contributed by atoms with Gasteiger partial charge in [-0.25, -0.2) is 4.98 Å². The lowest BCUT2D eigenvalue weighted by molar-refractivity contribution is 0.199. The van der Waals surface area contributed by atoms with E-state index < -0.39 is 0 Å². The van der Waals surface area contributed by atoms with Crippen LogP contribution in [-0.2, 0) is 11.3 Å². The van der Waals surface area contributed by atoms with Gasteiger partial charge in [-0.05, 0) is 29.6 Å². The largest absolute Gasteiger partial charge is 0.383 e. The first-order valence-electron chi connectivity index (χ1n) is 6.01. The Bertz CT molecular complexity index is 518. The van der Waals surface area contributed by atoms with Crippen LogP contribution in [0.1, 0.15) is 5.56 Å². The minimum Gasteiger partial charge on any atom is -0.383 e. The average molecular weight is 328 g/mol. The van der Waals surface area contributed by atoms with E-state index in [0.717, 1.165) is 39.0 Å². The van der Waals surface area contributed by atoms with Crippen molar-refractivity contribution in [3.05, 3.63) is 23.9 Å². The van der Waals surface area contributed by atoms with Crippen LogP contribution in [0, 0.1) is 0 Å². The molecule has 0 saturated carbocycles. The second-order valence-electron chi connectivity index (χ2n) is 3.81. The van der Waals surface area contributed by atoms with Crippen LogP contribution in [-0.4, -0.2) is 41.7 Å². The molecule has 108 valence electrons. The summed E-state index contributed by atoms with van der Waals surface area (Å²) in [5.41, 5.74) is 1.16. The predicted octanol–water partition coefficient (Wildman–Crippen LogP) is 2.54. The van der Waals surface area contributed by atoms with E-state index in [0.29, 0.717) is 0 Å². The number of hydrogen-bond donors (Lipinski definition) is 1. The highest BCUT2D eigenvalue weighted by molar-refractivity contribution is 8.02. The van der Waals surface area contributed by atoms with E-state index in [4.69, 9.17) is 4.74 Å². The molecular formula is C12H16N4OS3. The number of aromatic nitrogens is 3.